The van der Waals surface area contributed by atoms with Gasteiger partial charge in [0.25, 0.3) is 5.56 Å². The lowest BCUT2D eigenvalue weighted by atomic mass is 10.1. The average Bonchev–Trinajstić information content (AvgIpc) is 2.35. The fraction of sp³-hybridized carbons (Fsp3) is 0.154. The molecule has 0 aliphatic rings. The summed E-state index contributed by atoms with van der Waals surface area (Å²) in [6.07, 6.45) is 0.0351. The molecule has 4 nitrogen and oxygen atoms in total. The molecule has 0 amide bonds. The molecule has 1 aromatic heterocycles. The van der Waals surface area contributed by atoms with Gasteiger partial charge in [-0.3, -0.25) is 4.79 Å². The summed E-state index contributed by atoms with van der Waals surface area (Å²) < 4.78 is 1.20. The van der Waals surface area contributed by atoms with E-state index in [1.807, 2.05) is 6.07 Å². The highest BCUT2D eigenvalue weighted by molar-refractivity contribution is 6.36. The highest BCUT2D eigenvalue weighted by atomic mass is 35.5. The Morgan fingerprint density at radius 1 is 1.37 bits per heavy atom. The van der Waals surface area contributed by atoms with Gasteiger partial charge in [0.05, 0.1) is 23.2 Å². The van der Waals surface area contributed by atoms with Crippen LogP contribution in [0.2, 0.25) is 10.0 Å². The lowest BCUT2D eigenvalue weighted by Gasteiger charge is -2.07. The first-order chi connectivity index (χ1) is 9.02. The van der Waals surface area contributed by atoms with E-state index in [-0.39, 0.29) is 12.0 Å². The van der Waals surface area contributed by atoms with Crippen LogP contribution in [0.4, 0.5) is 0 Å². The van der Waals surface area contributed by atoms with Gasteiger partial charge >= 0.3 is 0 Å². The maximum absolute atomic E-state index is 11.8. The molecule has 0 unspecified atom stereocenters. The van der Waals surface area contributed by atoms with Crippen LogP contribution in [-0.4, -0.2) is 9.78 Å². The SMILES string of the molecule is Cn1nc(-c2ccc(Cl)cc2Cl)cc(CC#N)c1=O. The zero-order valence-electron chi connectivity index (χ0n) is 10.0. The number of hydrogen-bond acceptors (Lipinski definition) is 3. The first-order valence-corrected chi connectivity index (χ1v) is 6.18. The molecule has 0 N–H and O–H groups in total. The van der Waals surface area contributed by atoms with Crippen molar-refractivity contribution in [3.63, 3.8) is 0 Å². The molecule has 1 aromatic carbocycles. The summed E-state index contributed by atoms with van der Waals surface area (Å²) in [5.41, 5.74) is 1.31. The minimum absolute atomic E-state index is 0.0351. The van der Waals surface area contributed by atoms with E-state index in [1.54, 1.807) is 24.3 Å². The summed E-state index contributed by atoms with van der Waals surface area (Å²) in [5.74, 6) is 0. The van der Waals surface area contributed by atoms with Crippen LogP contribution in [0.15, 0.2) is 29.1 Å². The maximum Gasteiger partial charge on any atom is 0.270 e. The van der Waals surface area contributed by atoms with Crippen LogP contribution in [0.5, 0.6) is 0 Å². The lowest BCUT2D eigenvalue weighted by Crippen LogP contribution is -2.23. The first kappa shape index (κ1) is 13.6. The normalized spacial score (nSPS) is 10.2. The quantitative estimate of drug-likeness (QED) is 0.855. The summed E-state index contributed by atoms with van der Waals surface area (Å²) >= 11 is 11.9. The second-order valence-corrected chi connectivity index (χ2v) is 4.79. The third-order valence-electron chi connectivity index (χ3n) is 2.61. The van der Waals surface area contributed by atoms with Crippen LogP contribution in [0.25, 0.3) is 11.3 Å². The smallest absolute Gasteiger partial charge is 0.267 e. The van der Waals surface area contributed by atoms with Crippen molar-refractivity contribution >= 4 is 23.2 Å². The molecule has 1 heterocycles. The van der Waals surface area contributed by atoms with Crippen LogP contribution < -0.4 is 5.56 Å². The predicted molar refractivity (Wildman–Crippen MR) is 74.3 cm³/mol. The van der Waals surface area contributed by atoms with E-state index in [0.717, 1.165) is 0 Å². The number of nitriles is 1. The monoisotopic (exact) mass is 293 g/mol. The summed E-state index contributed by atoms with van der Waals surface area (Å²) in [6, 6.07) is 8.57. The van der Waals surface area contributed by atoms with Crippen LogP contribution in [0.3, 0.4) is 0 Å². The minimum atomic E-state index is -0.282. The second kappa shape index (κ2) is 5.43. The predicted octanol–water partition coefficient (Wildman–Crippen LogP) is 2.82. The van der Waals surface area contributed by atoms with E-state index < -0.39 is 0 Å². The highest BCUT2D eigenvalue weighted by Gasteiger charge is 2.10. The van der Waals surface area contributed by atoms with Gasteiger partial charge in [-0.2, -0.15) is 10.4 Å². The van der Waals surface area contributed by atoms with Gasteiger partial charge in [-0.15, -0.1) is 0 Å². The Balaban J connectivity index is 2.63. The molecule has 0 spiro atoms. The fourth-order valence-corrected chi connectivity index (χ4v) is 2.22. The van der Waals surface area contributed by atoms with Gasteiger partial charge in [-0.1, -0.05) is 23.2 Å². The number of benzene rings is 1. The molecule has 0 saturated heterocycles. The standard InChI is InChI=1S/C13H9Cl2N3O/c1-18-13(19)8(4-5-16)6-12(17-18)10-3-2-9(14)7-11(10)15/h2-3,6-7H,4H2,1H3. The lowest BCUT2D eigenvalue weighted by molar-refractivity contribution is 0.702. The molecule has 2 rings (SSSR count). The molecule has 0 aliphatic heterocycles. The number of nitrogens with zero attached hydrogens (tertiary/aromatic N) is 3. The van der Waals surface area contributed by atoms with E-state index in [2.05, 4.69) is 5.10 Å². The van der Waals surface area contributed by atoms with Gasteiger partial charge in [0.2, 0.25) is 0 Å². The highest BCUT2D eigenvalue weighted by Crippen LogP contribution is 2.28. The van der Waals surface area contributed by atoms with Crippen molar-refractivity contribution in [1.82, 2.24) is 9.78 Å². The van der Waals surface area contributed by atoms with E-state index in [9.17, 15) is 4.79 Å². The van der Waals surface area contributed by atoms with Gasteiger partial charge < -0.3 is 0 Å². The van der Waals surface area contributed by atoms with E-state index in [4.69, 9.17) is 28.5 Å². The number of aromatic nitrogens is 2. The Morgan fingerprint density at radius 2 is 2.11 bits per heavy atom. The Hall–Kier alpha value is -1.83. The molecule has 0 atom stereocenters. The molecule has 96 valence electrons. The van der Waals surface area contributed by atoms with Crippen molar-refractivity contribution in [2.75, 3.05) is 0 Å². The van der Waals surface area contributed by atoms with E-state index in [0.29, 0.717) is 26.9 Å². The molecule has 0 fully saturated rings. The van der Waals surface area contributed by atoms with Gasteiger partial charge in [0.1, 0.15) is 0 Å². The first-order valence-electron chi connectivity index (χ1n) is 5.42. The molecule has 0 radical (unpaired) electrons. The summed E-state index contributed by atoms with van der Waals surface area (Å²) in [5, 5.41) is 13.8. The van der Waals surface area contributed by atoms with Crippen molar-refractivity contribution in [3.8, 4) is 17.3 Å². The van der Waals surface area contributed by atoms with Crippen molar-refractivity contribution in [3.05, 3.63) is 50.2 Å². The summed E-state index contributed by atoms with van der Waals surface area (Å²) in [6.45, 7) is 0. The van der Waals surface area contributed by atoms with Crippen LogP contribution >= 0.6 is 23.2 Å². The van der Waals surface area contributed by atoms with Gasteiger partial charge in [-0.05, 0) is 24.3 Å². The third-order valence-corrected chi connectivity index (χ3v) is 3.16. The summed E-state index contributed by atoms with van der Waals surface area (Å²) in [7, 11) is 1.54. The summed E-state index contributed by atoms with van der Waals surface area (Å²) in [4.78, 5) is 11.8. The maximum atomic E-state index is 11.8. The van der Waals surface area contributed by atoms with Crippen molar-refractivity contribution in [2.45, 2.75) is 6.42 Å². The molecular weight excluding hydrogens is 285 g/mol. The van der Waals surface area contributed by atoms with Gasteiger partial charge in [-0.25, -0.2) is 4.68 Å². The largest absolute Gasteiger partial charge is 0.270 e. The molecule has 0 saturated carbocycles. The zero-order valence-corrected chi connectivity index (χ0v) is 11.5. The van der Waals surface area contributed by atoms with Gasteiger partial charge in [0, 0.05) is 23.2 Å². The van der Waals surface area contributed by atoms with Crippen molar-refractivity contribution in [1.29, 1.82) is 5.26 Å². The Labute approximate surface area is 119 Å². The van der Waals surface area contributed by atoms with Crippen molar-refractivity contribution < 1.29 is 0 Å². The van der Waals surface area contributed by atoms with Crippen molar-refractivity contribution in [2.24, 2.45) is 7.05 Å². The fourth-order valence-electron chi connectivity index (χ4n) is 1.71. The minimum Gasteiger partial charge on any atom is -0.267 e. The third kappa shape index (κ3) is 2.78. The molecular formula is C13H9Cl2N3O. The number of hydrogen-bond donors (Lipinski definition) is 0. The second-order valence-electron chi connectivity index (χ2n) is 3.94. The number of aryl methyl sites for hydroxylation is 1. The van der Waals surface area contributed by atoms with E-state index in [1.165, 1.54) is 11.7 Å². The molecule has 2 aromatic rings. The molecule has 6 heteroatoms. The van der Waals surface area contributed by atoms with Crippen LogP contribution in [-0.2, 0) is 13.5 Å². The van der Waals surface area contributed by atoms with E-state index >= 15 is 0 Å². The topological polar surface area (TPSA) is 58.7 Å². The van der Waals surface area contributed by atoms with Crippen LogP contribution in [0.1, 0.15) is 5.56 Å². The average molecular weight is 294 g/mol. The molecule has 0 bridgehead atoms. The van der Waals surface area contributed by atoms with Crippen LogP contribution in [0, 0.1) is 11.3 Å². The zero-order chi connectivity index (χ0) is 14.0. The Bertz CT molecular complexity index is 732. The molecule has 19 heavy (non-hydrogen) atoms. The Morgan fingerprint density at radius 3 is 2.74 bits per heavy atom. The number of rotatable bonds is 2. The number of halogens is 2. The molecule has 0 aliphatic carbocycles. The Kier molecular flexibility index (Phi) is 3.89. The van der Waals surface area contributed by atoms with Gasteiger partial charge in [0.15, 0.2) is 0 Å².